The maximum absolute atomic E-state index is 12.3. The van der Waals surface area contributed by atoms with Crippen LogP contribution in [0.4, 0.5) is 5.69 Å². The predicted molar refractivity (Wildman–Crippen MR) is 95.9 cm³/mol. The molecule has 1 aromatic carbocycles. The molecule has 1 atom stereocenters. The third-order valence-corrected chi connectivity index (χ3v) is 3.97. The van der Waals surface area contributed by atoms with Gasteiger partial charge in [-0.15, -0.1) is 0 Å². The average Bonchev–Trinajstić information content (AvgIpc) is 2.57. The van der Waals surface area contributed by atoms with E-state index in [1.165, 1.54) is 18.3 Å². The zero-order valence-corrected chi connectivity index (χ0v) is 14.8. The number of halogens is 2. The zero-order valence-electron chi connectivity index (χ0n) is 13.3. The van der Waals surface area contributed by atoms with Gasteiger partial charge in [-0.2, -0.15) is 0 Å². The molecule has 2 rings (SSSR count). The van der Waals surface area contributed by atoms with Crippen molar-refractivity contribution < 1.29 is 9.59 Å². The molecule has 5 nitrogen and oxygen atoms in total. The normalized spacial score (nSPS) is 11.7. The summed E-state index contributed by atoms with van der Waals surface area (Å²) in [5, 5.41) is 6.28. The van der Waals surface area contributed by atoms with Gasteiger partial charge in [0, 0.05) is 22.8 Å². The summed E-state index contributed by atoms with van der Waals surface area (Å²) in [6.07, 6.45) is 2.24. The number of amides is 2. The molecule has 0 aliphatic rings. The fraction of sp³-hybridized carbons (Fsp3) is 0.235. The van der Waals surface area contributed by atoms with Crippen molar-refractivity contribution in [1.82, 2.24) is 10.3 Å². The smallest absolute Gasteiger partial charge is 0.274 e. The summed E-state index contributed by atoms with van der Waals surface area (Å²) in [6.45, 7) is 3.89. The van der Waals surface area contributed by atoms with Gasteiger partial charge in [-0.1, -0.05) is 30.1 Å². The van der Waals surface area contributed by atoms with Crippen molar-refractivity contribution >= 4 is 40.7 Å². The van der Waals surface area contributed by atoms with E-state index in [1.54, 1.807) is 18.2 Å². The van der Waals surface area contributed by atoms with Gasteiger partial charge < -0.3 is 10.6 Å². The first kappa shape index (κ1) is 18.2. The van der Waals surface area contributed by atoms with Crippen LogP contribution in [0, 0.1) is 0 Å². The lowest BCUT2D eigenvalue weighted by atomic mass is 10.2. The SMILES string of the molecule is CCC(C)NC(=O)c1ccnc(C(=O)Nc2ccc(Cl)cc2Cl)c1. The molecule has 2 amide bonds. The van der Waals surface area contributed by atoms with E-state index < -0.39 is 5.91 Å². The average molecular weight is 366 g/mol. The fourth-order valence-electron chi connectivity index (χ4n) is 1.88. The van der Waals surface area contributed by atoms with Gasteiger partial charge in [0.05, 0.1) is 10.7 Å². The molecule has 0 spiro atoms. The summed E-state index contributed by atoms with van der Waals surface area (Å²) >= 11 is 11.9. The van der Waals surface area contributed by atoms with E-state index in [2.05, 4.69) is 15.6 Å². The molecule has 0 bridgehead atoms. The van der Waals surface area contributed by atoms with Crippen LogP contribution in [0.5, 0.6) is 0 Å². The molecule has 0 aliphatic heterocycles. The standard InChI is InChI=1S/C17H17Cl2N3O2/c1-3-10(2)21-16(23)11-6-7-20-15(8-11)17(24)22-14-5-4-12(18)9-13(14)19/h4-10H,3H2,1-2H3,(H,21,23)(H,22,24). The Morgan fingerprint density at radius 1 is 1.17 bits per heavy atom. The summed E-state index contributed by atoms with van der Waals surface area (Å²) in [4.78, 5) is 28.4. The van der Waals surface area contributed by atoms with E-state index in [0.717, 1.165) is 6.42 Å². The Morgan fingerprint density at radius 3 is 2.58 bits per heavy atom. The fourth-order valence-corrected chi connectivity index (χ4v) is 2.34. The summed E-state index contributed by atoms with van der Waals surface area (Å²) < 4.78 is 0. The van der Waals surface area contributed by atoms with E-state index in [-0.39, 0.29) is 17.6 Å². The first-order valence-electron chi connectivity index (χ1n) is 7.44. The number of nitrogens with one attached hydrogen (secondary N) is 2. The van der Waals surface area contributed by atoms with Crippen molar-refractivity contribution in [3.05, 3.63) is 57.8 Å². The van der Waals surface area contributed by atoms with E-state index in [1.807, 2.05) is 13.8 Å². The van der Waals surface area contributed by atoms with Crippen LogP contribution in [0.2, 0.25) is 10.0 Å². The Morgan fingerprint density at radius 2 is 1.92 bits per heavy atom. The van der Waals surface area contributed by atoms with Gasteiger partial charge >= 0.3 is 0 Å². The van der Waals surface area contributed by atoms with Crippen LogP contribution in [-0.2, 0) is 0 Å². The van der Waals surface area contributed by atoms with Crippen LogP contribution in [0.3, 0.4) is 0 Å². The van der Waals surface area contributed by atoms with Gasteiger partial charge in [0.15, 0.2) is 0 Å². The molecule has 1 aromatic heterocycles. The van der Waals surface area contributed by atoms with Gasteiger partial charge in [0.25, 0.3) is 11.8 Å². The molecular formula is C17H17Cl2N3O2. The second kappa shape index (κ2) is 8.13. The topological polar surface area (TPSA) is 71.1 Å². The molecule has 7 heteroatoms. The molecule has 0 saturated heterocycles. The quantitative estimate of drug-likeness (QED) is 0.834. The summed E-state index contributed by atoms with van der Waals surface area (Å²) in [5.74, 6) is -0.706. The molecule has 0 radical (unpaired) electrons. The molecule has 0 fully saturated rings. The van der Waals surface area contributed by atoms with E-state index in [4.69, 9.17) is 23.2 Å². The number of pyridine rings is 1. The second-order valence-corrected chi connectivity index (χ2v) is 6.13. The monoisotopic (exact) mass is 365 g/mol. The third kappa shape index (κ3) is 4.69. The highest BCUT2D eigenvalue weighted by Crippen LogP contribution is 2.25. The molecule has 126 valence electrons. The molecule has 1 unspecified atom stereocenters. The summed E-state index contributed by atoms with van der Waals surface area (Å²) in [5.41, 5.74) is 0.915. The largest absolute Gasteiger partial charge is 0.350 e. The third-order valence-electron chi connectivity index (χ3n) is 3.42. The maximum atomic E-state index is 12.3. The molecule has 0 aliphatic carbocycles. The van der Waals surface area contributed by atoms with Crippen LogP contribution >= 0.6 is 23.2 Å². The summed E-state index contributed by atoms with van der Waals surface area (Å²) in [6, 6.07) is 7.80. The van der Waals surface area contributed by atoms with Crippen molar-refractivity contribution in [3.63, 3.8) is 0 Å². The second-order valence-electron chi connectivity index (χ2n) is 5.29. The van der Waals surface area contributed by atoms with Gasteiger partial charge in [0.2, 0.25) is 0 Å². The first-order valence-corrected chi connectivity index (χ1v) is 8.19. The van der Waals surface area contributed by atoms with Gasteiger partial charge in [-0.05, 0) is 43.7 Å². The van der Waals surface area contributed by atoms with Crippen LogP contribution in [-0.4, -0.2) is 22.8 Å². The van der Waals surface area contributed by atoms with Crippen molar-refractivity contribution in [2.75, 3.05) is 5.32 Å². The number of rotatable bonds is 5. The number of carbonyl (C=O) groups excluding carboxylic acids is 2. The van der Waals surface area contributed by atoms with E-state index >= 15 is 0 Å². The summed E-state index contributed by atoms with van der Waals surface area (Å²) in [7, 11) is 0. The Labute approximate surface area is 150 Å². The molecule has 0 saturated carbocycles. The Bertz CT molecular complexity index is 765. The van der Waals surface area contributed by atoms with Crippen molar-refractivity contribution in [1.29, 1.82) is 0 Å². The van der Waals surface area contributed by atoms with E-state index in [9.17, 15) is 9.59 Å². The molecule has 24 heavy (non-hydrogen) atoms. The first-order chi connectivity index (χ1) is 11.4. The highest BCUT2D eigenvalue weighted by molar-refractivity contribution is 6.36. The van der Waals surface area contributed by atoms with Crippen molar-refractivity contribution in [3.8, 4) is 0 Å². The number of nitrogens with zero attached hydrogens (tertiary/aromatic N) is 1. The zero-order chi connectivity index (χ0) is 17.7. The highest BCUT2D eigenvalue weighted by atomic mass is 35.5. The lowest BCUT2D eigenvalue weighted by Gasteiger charge is -2.12. The van der Waals surface area contributed by atoms with Crippen molar-refractivity contribution in [2.45, 2.75) is 26.3 Å². The van der Waals surface area contributed by atoms with E-state index in [0.29, 0.717) is 21.3 Å². The van der Waals surface area contributed by atoms with Crippen molar-refractivity contribution in [2.24, 2.45) is 0 Å². The molecule has 2 aromatic rings. The predicted octanol–water partition coefficient (Wildman–Crippen LogP) is 4.17. The van der Waals surface area contributed by atoms with Crippen LogP contribution in [0.1, 0.15) is 41.1 Å². The van der Waals surface area contributed by atoms with Crippen LogP contribution in [0.25, 0.3) is 0 Å². The number of aromatic nitrogens is 1. The number of hydrogen-bond donors (Lipinski definition) is 2. The van der Waals surface area contributed by atoms with Crippen LogP contribution < -0.4 is 10.6 Å². The lowest BCUT2D eigenvalue weighted by Crippen LogP contribution is -2.32. The minimum Gasteiger partial charge on any atom is -0.350 e. The minimum absolute atomic E-state index is 0.0517. The number of carbonyl (C=O) groups is 2. The maximum Gasteiger partial charge on any atom is 0.274 e. The Balaban J connectivity index is 2.15. The van der Waals surface area contributed by atoms with Gasteiger partial charge in [0.1, 0.15) is 5.69 Å². The Hall–Kier alpha value is -2.11. The van der Waals surface area contributed by atoms with Gasteiger partial charge in [-0.25, -0.2) is 0 Å². The number of anilines is 1. The lowest BCUT2D eigenvalue weighted by molar-refractivity contribution is 0.0939. The number of benzene rings is 1. The van der Waals surface area contributed by atoms with Gasteiger partial charge in [-0.3, -0.25) is 14.6 Å². The number of hydrogen-bond acceptors (Lipinski definition) is 3. The molecular weight excluding hydrogens is 349 g/mol. The molecule has 1 heterocycles. The van der Waals surface area contributed by atoms with Crippen LogP contribution in [0.15, 0.2) is 36.5 Å². The Kier molecular flexibility index (Phi) is 6.17. The molecule has 2 N–H and O–H groups in total. The minimum atomic E-state index is -0.461. The highest BCUT2D eigenvalue weighted by Gasteiger charge is 2.14.